The number of amides is 3. The van der Waals surface area contributed by atoms with Crippen LogP contribution in [0.3, 0.4) is 0 Å². The van der Waals surface area contributed by atoms with Gasteiger partial charge in [-0.1, -0.05) is 86.8 Å². The highest BCUT2D eigenvalue weighted by Crippen LogP contribution is 2.29. The summed E-state index contributed by atoms with van der Waals surface area (Å²) in [6, 6.07) is 17.4. The van der Waals surface area contributed by atoms with Gasteiger partial charge in [-0.05, 0) is 72.9 Å². The molecule has 0 bridgehead atoms. The molecular weight excluding hydrogens is 681 g/mol. The van der Waals surface area contributed by atoms with Gasteiger partial charge in [-0.25, -0.2) is 13.2 Å². The standard InChI is InChI=1S/C39H52N6O6S/c1-4-28(2)37(45-22-21-43(39(45)48)26-33-15-10-20-40-29(33)3)38(47)42-35(23-30-11-6-5-7-12-30)36(46)27-44(25-32-13-8-9-14-32)52(50,51)34-18-16-31(17-19-34)24-41-49/h5-7,10-12,15-20,24,28,32,35-37,46,49H,4,8-9,13-14,21-23,25-27H2,1-3H3,(H,42,47)/t28-,35-,36+,37-/m0/s1. The van der Waals surface area contributed by atoms with E-state index in [0.29, 0.717) is 31.6 Å². The van der Waals surface area contributed by atoms with Crippen LogP contribution >= 0.6 is 0 Å². The Bertz CT molecular complexity index is 1770. The Morgan fingerprint density at radius 2 is 1.79 bits per heavy atom. The van der Waals surface area contributed by atoms with Crippen LogP contribution in [0.25, 0.3) is 0 Å². The molecule has 13 heteroatoms. The van der Waals surface area contributed by atoms with Crippen molar-refractivity contribution in [3.05, 3.63) is 95.3 Å². The number of oxime groups is 1. The first-order valence-corrected chi connectivity index (χ1v) is 19.7. The summed E-state index contributed by atoms with van der Waals surface area (Å²) in [5.41, 5.74) is 3.20. The monoisotopic (exact) mass is 732 g/mol. The Kier molecular flexibility index (Phi) is 13.4. The lowest BCUT2D eigenvalue weighted by Gasteiger charge is -2.35. The quantitative estimate of drug-likeness (QED) is 0.102. The molecule has 1 aromatic heterocycles. The van der Waals surface area contributed by atoms with Crippen LogP contribution in [0.15, 0.2) is 83.0 Å². The summed E-state index contributed by atoms with van der Waals surface area (Å²) in [6.07, 6.45) is 6.42. The number of pyridine rings is 1. The fourth-order valence-corrected chi connectivity index (χ4v) is 8.81. The normalized spacial score (nSPS) is 17.9. The first-order chi connectivity index (χ1) is 25.0. The lowest BCUT2D eigenvalue weighted by Crippen LogP contribution is -2.57. The van der Waals surface area contributed by atoms with Crippen molar-refractivity contribution in [2.75, 3.05) is 26.2 Å². The second kappa shape index (κ2) is 17.9. The smallest absolute Gasteiger partial charge is 0.321 e. The maximum atomic E-state index is 14.4. The van der Waals surface area contributed by atoms with Gasteiger partial charge >= 0.3 is 6.03 Å². The molecule has 1 aliphatic carbocycles. The number of carbonyl (C=O) groups excluding carboxylic acids is 2. The number of nitrogens with zero attached hydrogens (tertiary/aromatic N) is 5. The minimum Gasteiger partial charge on any atom is -0.411 e. The van der Waals surface area contributed by atoms with E-state index in [1.54, 1.807) is 28.1 Å². The molecule has 3 aromatic rings. The van der Waals surface area contributed by atoms with Crippen LogP contribution in [0.1, 0.15) is 68.3 Å². The Hall–Kier alpha value is -4.33. The molecule has 3 amide bonds. The zero-order chi connectivity index (χ0) is 37.3. The molecule has 0 unspecified atom stereocenters. The number of hydrogen-bond acceptors (Lipinski definition) is 8. The summed E-state index contributed by atoms with van der Waals surface area (Å²) in [7, 11) is -4.05. The summed E-state index contributed by atoms with van der Waals surface area (Å²) < 4.78 is 29.6. The molecule has 2 aromatic carbocycles. The van der Waals surface area contributed by atoms with Gasteiger partial charge in [-0.2, -0.15) is 4.31 Å². The van der Waals surface area contributed by atoms with Gasteiger partial charge in [-0.3, -0.25) is 9.78 Å². The molecule has 0 radical (unpaired) electrons. The number of nitrogens with one attached hydrogen (secondary N) is 1. The van der Waals surface area contributed by atoms with Gasteiger partial charge in [0.2, 0.25) is 15.9 Å². The summed E-state index contributed by atoms with van der Waals surface area (Å²) in [6.45, 7) is 7.08. The van der Waals surface area contributed by atoms with Gasteiger partial charge in [0.1, 0.15) is 6.04 Å². The molecule has 5 rings (SSSR count). The highest BCUT2D eigenvalue weighted by atomic mass is 32.2. The van der Waals surface area contributed by atoms with E-state index in [0.717, 1.165) is 42.5 Å². The van der Waals surface area contributed by atoms with E-state index in [9.17, 15) is 23.1 Å². The number of aliphatic hydroxyl groups is 1. The fraction of sp³-hybridized carbons (Fsp3) is 0.487. The van der Waals surface area contributed by atoms with E-state index < -0.39 is 28.2 Å². The summed E-state index contributed by atoms with van der Waals surface area (Å²) in [5.74, 6) is -0.413. The van der Waals surface area contributed by atoms with E-state index in [1.807, 2.05) is 63.2 Å². The predicted octanol–water partition coefficient (Wildman–Crippen LogP) is 4.82. The Morgan fingerprint density at radius 3 is 2.44 bits per heavy atom. The van der Waals surface area contributed by atoms with Crippen LogP contribution < -0.4 is 5.32 Å². The summed E-state index contributed by atoms with van der Waals surface area (Å²) in [5, 5.41) is 27.0. The summed E-state index contributed by atoms with van der Waals surface area (Å²) in [4.78, 5) is 36.0. The van der Waals surface area contributed by atoms with Crippen LogP contribution in [0.5, 0.6) is 0 Å². The molecule has 280 valence electrons. The van der Waals surface area contributed by atoms with E-state index >= 15 is 0 Å². The van der Waals surface area contributed by atoms with Crippen molar-refractivity contribution < 1.29 is 28.3 Å². The third-order valence-electron chi connectivity index (χ3n) is 10.5. The van der Waals surface area contributed by atoms with Crippen molar-refractivity contribution in [2.24, 2.45) is 17.0 Å². The molecule has 2 fully saturated rings. The first kappa shape index (κ1) is 38.9. The number of urea groups is 1. The van der Waals surface area contributed by atoms with E-state index in [2.05, 4.69) is 15.5 Å². The second-order valence-electron chi connectivity index (χ2n) is 14.1. The Morgan fingerprint density at radius 1 is 1.08 bits per heavy atom. The number of aliphatic hydroxyl groups excluding tert-OH is 1. The number of benzene rings is 2. The van der Waals surface area contributed by atoms with Gasteiger partial charge in [0.25, 0.3) is 0 Å². The third kappa shape index (κ3) is 9.55. The molecule has 12 nitrogen and oxygen atoms in total. The summed E-state index contributed by atoms with van der Waals surface area (Å²) >= 11 is 0. The highest BCUT2D eigenvalue weighted by Gasteiger charge is 2.41. The van der Waals surface area contributed by atoms with Crippen molar-refractivity contribution >= 4 is 28.2 Å². The Balaban J connectivity index is 1.40. The number of rotatable bonds is 17. The Labute approximate surface area is 307 Å². The van der Waals surface area contributed by atoms with Crippen LogP contribution in [-0.2, 0) is 27.8 Å². The maximum absolute atomic E-state index is 14.4. The van der Waals surface area contributed by atoms with E-state index in [4.69, 9.17) is 5.21 Å². The van der Waals surface area contributed by atoms with Crippen molar-refractivity contribution in [3.8, 4) is 0 Å². The topological polar surface area (TPSA) is 156 Å². The molecule has 2 heterocycles. The molecule has 3 N–H and O–H groups in total. The minimum atomic E-state index is -4.05. The third-order valence-corrected chi connectivity index (χ3v) is 12.4. The van der Waals surface area contributed by atoms with Gasteiger partial charge in [-0.15, -0.1) is 0 Å². The van der Waals surface area contributed by atoms with Crippen LogP contribution in [0, 0.1) is 18.8 Å². The molecule has 1 saturated carbocycles. The number of carbonyl (C=O) groups is 2. The van der Waals surface area contributed by atoms with Crippen LogP contribution in [0.4, 0.5) is 4.79 Å². The highest BCUT2D eigenvalue weighted by molar-refractivity contribution is 7.89. The number of hydrogen-bond donors (Lipinski definition) is 3. The predicted molar refractivity (Wildman–Crippen MR) is 199 cm³/mol. The largest absolute Gasteiger partial charge is 0.411 e. The number of sulfonamides is 1. The molecule has 52 heavy (non-hydrogen) atoms. The number of aryl methyl sites for hydroxylation is 1. The van der Waals surface area contributed by atoms with Crippen molar-refractivity contribution in [2.45, 2.75) is 88.9 Å². The SMILES string of the molecule is CC[C@H](C)[C@@H](C(=O)N[C@@H](Cc1ccccc1)[C@H](O)CN(CC1CCCC1)S(=O)(=O)c1ccc(C=NO)cc1)N1CCN(Cc2cccnc2C)C1=O. The zero-order valence-electron chi connectivity index (χ0n) is 30.3. The number of aromatic nitrogens is 1. The molecular formula is C39H52N6O6S. The van der Waals surface area contributed by atoms with Crippen molar-refractivity contribution in [3.63, 3.8) is 0 Å². The molecule has 1 saturated heterocycles. The molecule has 0 spiro atoms. The fourth-order valence-electron chi connectivity index (χ4n) is 7.28. The van der Waals surface area contributed by atoms with E-state index in [-0.39, 0.29) is 48.2 Å². The van der Waals surface area contributed by atoms with E-state index in [1.165, 1.54) is 22.7 Å². The average Bonchev–Trinajstić information content (AvgIpc) is 3.79. The van der Waals surface area contributed by atoms with Gasteiger partial charge < -0.3 is 25.4 Å². The van der Waals surface area contributed by atoms with Crippen molar-refractivity contribution in [1.29, 1.82) is 0 Å². The van der Waals surface area contributed by atoms with Gasteiger partial charge in [0.05, 0.1) is 23.3 Å². The lowest BCUT2D eigenvalue weighted by atomic mass is 9.95. The van der Waals surface area contributed by atoms with Crippen LogP contribution in [0.2, 0.25) is 0 Å². The van der Waals surface area contributed by atoms with Gasteiger partial charge in [0.15, 0.2) is 0 Å². The second-order valence-corrected chi connectivity index (χ2v) is 16.1. The average molecular weight is 733 g/mol. The van der Waals surface area contributed by atoms with Crippen LogP contribution in [-0.4, -0.2) is 100 Å². The molecule has 4 atom stereocenters. The lowest BCUT2D eigenvalue weighted by molar-refractivity contribution is -0.128. The molecule has 1 aliphatic heterocycles. The van der Waals surface area contributed by atoms with Gasteiger partial charge in [0, 0.05) is 44.6 Å². The minimum absolute atomic E-state index is 0.0619. The first-order valence-electron chi connectivity index (χ1n) is 18.3. The van der Waals surface area contributed by atoms with Crippen molar-refractivity contribution in [1.82, 2.24) is 24.4 Å². The maximum Gasteiger partial charge on any atom is 0.321 e. The molecule has 2 aliphatic rings. The zero-order valence-corrected chi connectivity index (χ0v) is 31.2.